The van der Waals surface area contributed by atoms with Crippen molar-refractivity contribution in [2.75, 3.05) is 12.4 Å². The van der Waals surface area contributed by atoms with E-state index in [0.29, 0.717) is 6.42 Å². The van der Waals surface area contributed by atoms with Gasteiger partial charge in [-0.25, -0.2) is 4.79 Å². The molecule has 1 aromatic carbocycles. The smallest absolute Gasteiger partial charge is 0.326 e. The Morgan fingerprint density at radius 2 is 2.43 bits per heavy atom. The minimum absolute atomic E-state index is 0.481. The number of aliphatic carboxylic acids is 1. The average Bonchev–Trinajstić information content (AvgIpc) is 2.60. The van der Waals surface area contributed by atoms with E-state index in [1.165, 1.54) is 0 Å². The van der Waals surface area contributed by atoms with E-state index in [2.05, 4.69) is 5.32 Å². The summed E-state index contributed by atoms with van der Waals surface area (Å²) < 4.78 is 5.15. The van der Waals surface area contributed by atoms with Crippen LogP contribution in [0.5, 0.6) is 5.75 Å². The van der Waals surface area contributed by atoms with Crippen LogP contribution in [0.15, 0.2) is 18.2 Å². The van der Waals surface area contributed by atoms with Crippen LogP contribution in [0, 0.1) is 0 Å². The van der Waals surface area contributed by atoms with E-state index in [1.54, 1.807) is 7.11 Å². The second-order valence-corrected chi connectivity index (χ2v) is 3.23. The minimum Gasteiger partial charge on any atom is -0.496 e. The lowest BCUT2D eigenvalue weighted by Crippen LogP contribution is -2.26. The molecule has 1 heterocycles. The van der Waals surface area contributed by atoms with Gasteiger partial charge in [-0.1, -0.05) is 6.07 Å². The first-order valence-electron chi connectivity index (χ1n) is 4.37. The van der Waals surface area contributed by atoms with Crippen molar-refractivity contribution in [3.63, 3.8) is 0 Å². The molecule has 0 saturated carbocycles. The van der Waals surface area contributed by atoms with Crippen LogP contribution < -0.4 is 10.1 Å². The van der Waals surface area contributed by atoms with E-state index in [4.69, 9.17) is 9.84 Å². The summed E-state index contributed by atoms with van der Waals surface area (Å²) in [5, 5.41) is 11.8. The predicted molar refractivity (Wildman–Crippen MR) is 51.7 cm³/mol. The molecule has 0 radical (unpaired) electrons. The summed E-state index contributed by atoms with van der Waals surface area (Å²) >= 11 is 0. The Labute approximate surface area is 81.5 Å². The Kier molecular flexibility index (Phi) is 2.04. The molecule has 1 aromatic rings. The molecular formula is C10H11NO3. The molecule has 1 aliphatic rings. The first-order valence-corrected chi connectivity index (χ1v) is 4.37. The number of rotatable bonds is 2. The molecule has 0 bridgehead atoms. The molecule has 0 saturated heterocycles. The SMILES string of the molecule is COc1cccc2c1C[C@@H](C(=O)O)N2. The molecule has 0 fully saturated rings. The van der Waals surface area contributed by atoms with Crippen molar-refractivity contribution < 1.29 is 14.6 Å². The molecule has 1 atom stereocenters. The molecule has 0 amide bonds. The summed E-state index contributed by atoms with van der Waals surface area (Å²) in [6, 6.07) is 5.02. The third-order valence-corrected chi connectivity index (χ3v) is 2.39. The summed E-state index contributed by atoms with van der Waals surface area (Å²) in [4.78, 5) is 10.8. The number of hydrogen-bond donors (Lipinski definition) is 2. The number of ether oxygens (including phenoxy) is 1. The maximum atomic E-state index is 10.8. The van der Waals surface area contributed by atoms with Gasteiger partial charge in [0.05, 0.1) is 7.11 Å². The Bertz CT molecular complexity index is 376. The van der Waals surface area contributed by atoms with Gasteiger partial charge in [0.25, 0.3) is 0 Å². The molecule has 4 heteroatoms. The molecular weight excluding hydrogens is 182 g/mol. The van der Waals surface area contributed by atoms with Crippen molar-refractivity contribution in [2.45, 2.75) is 12.5 Å². The van der Waals surface area contributed by atoms with Gasteiger partial charge in [0, 0.05) is 17.7 Å². The van der Waals surface area contributed by atoms with Crippen LogP contribution >= 0.6 is 0 Å². The minimum atomic E-state index is -0.830. The summed E-state index contributed by atoms with van der Waals surface area (Å²) in [7, 11) is 1.59. The van der Waals surface area contributed by atoms with Gasteiger partial charge < -0.3 is 15.2 Å². The molecule has 0 aromatic heterocycles. The Balaban J connectivity index is 2.34. The number of carbonyl (C=O) groups is 1. The fourth-order valence-electron chi connectivity index (χ4n) is 1.69. The number of nitrogens with one attached hydrogen (secondary N) is 1. The van der Waals surface area contributed by atoms with Gasteiger partial charge in [0.2, 0.25) is 0 Å². The summed E-state index contributed by atoms with van der Waals surface area (Å²) in [6.45, 7) is 0. The number of methoxy groups -OCH3 is 1. The van der Waals surface area contributed by atoms with Gasteiger partial charge in [-0.3, -0.25) is 0 Å². The molecule has 1 aliphatic heterocycles. The number of fused-ring (bicyclic) bond motifs is 1. The normalized spacial score (nSPS) is 18.5. The Hall–Kier alpha value is -1.71. The summed E-state index contributed by atoms with van der Waals surface area (Å²) in [6.07, 6.45) is 0.481. The third-order valence-electron chi connectivity index (χ3n) is 2.39. The van der Waals surface area contributed by atoms with Crippen LogP contribution in [0.2, 0.25) is 0 Å². The van der Waals surface area contributed by atoms with Gasteiger partial charge in [0.15, 0.2) is 0 Å². The van der Waals surface area contributed by atoms with E-state index >= 15 is 0 Å². The van der Waals surface area contributed by atoms with Gasteiger partial charge in [-0.05, 0) is 12.1 Å². The predicted octanol–water partition coefficient (Wildman–Crippen LogP) is 1.12. The Morgan fingerprint density at radius 3 is 3.07 bits per heavy atom. The van der Waals surface area contributed by atoms with E-state index in [9.17, 15) is 4.79 Å². The van der Waals surface area contributed by atoms with E-state index in [1.807, 2.05) is 18.2 Å². The molecule has 14 heavy (non-hydrogen) atoms. The number of hydrogen-bond acceptors (Lipinski definition) is 3. The molecule has 74 valence electrons. The standard InChI is InChI=1S/C10H11NO3/c1-14-9-4-2-3-7-6(9)5-8(11-7)10(12)13/h2-4,8,11H,5H2,1H3,(H,12,13)/t8-/m0/s1. The quantitative estimate of drug-likeness (QED) is 0.738. The van der Waals surface area contributed by atoms with Crippen LogP contribution in [0.1, 0.15) is 5.56 Å². The zero-order valence-electron chi connectivity index (χ0n) is 7.78. The fraction of sp³-hybridized carbons (Fsp3) is 0.300. The molecule has 0 unspecified atom stereocenters. The van der Waals surface area contributed by atoms with Crippen LogP contribution in [0.3, 0.4) is 0 Å². The monoisotopic (exact) mass is 193 g/mol. The van der Waals surface area contributed by atoms with Crippen molar-refractivity contribution in [2.24, 2.45) is 0 Å². The zero-order valence-corrected chi connectivity index (χ0v) is 7.78. The highest BCUT2D eigenvalue weighted by atomic mass is 16.5. The molecule has 0 aliphatic carbocycles. The van der Waals surface area contributed by atoms with Crippen LogP contribution in [0.25, 0.3) is 0 Å². The lowest BCUT2D eigenvalue weighted by molar-refractivity contribution is -0.137. The number of carboxylic acid groups (broad SMARTS) is 1. The fourth-order valence-corrected chi connectivity index (χ4v) is 1.69. The summed E-state index contributed by atoms with van der Waals surface area (Å²) in [5.74, 6) is -0.0815. The third kappa shape index (κ3) is 1.28. The largest absolute Gasteiger partial charge is 0.496 e. The maximum absolute atomic E-state index is 10.8. The number of carboxylic acids is 1. The van der Waals surface area contributed by atoms with Crippen molar-refractivity contribution >= 4 is 11.7 Å². The van der Waals surface area contributed by atoms with E-state index < -0.39 is 12.0 Å². The van der Waals surface area contributed by atoms with Crippen molar-refractivity contribution in [3.8, 4) is 5.75 Å². The molecule has 2 N–H and O–H groups in total. The second kappa shape index (κ2) is 3.21. The number of benzene rings is 1. The second-order valence-electron chi connectivity index (χ2n) is 3.23. The van der Waals surface area contributed by atoms with Gasteiger partial charge in [0.1, 0.15) is 11.8 Å². The Morgan fingerprint density at radius 1 is 1.64 bits per heavy atom. The highest BCUT2D eigenvalue weighted by Gasteiger charge is 2.28. The lowest BCUT2D eigenvalue weighted by Gasteiger charge is -2.04. The van der Waals surface area contributed by atoms with Gasteiger partial charge in [-0.15, -0.1) is 0 Å². The van der Waals surface area contributed by atoms with Crippen molar-refractivity contribution in [1.82, 2.24) is 0 Å². The van der Waals surface area contributed by atoms with Crippen molar-refractivity contribution in [3.05, 3.63) is 23.8 Å². The van der Waals surface area contributed by atoms with Crippen LogP contribution in [0.4, 0.5) is 5.69 Å². The molecule has 4 nitrogen and oxygen atoms in total. The van der Waals surface area contributed by atoms with Crippen LogP contribution in [-0.4, -0.2) is 24.2 Å². The lowest BCUT2D eigenvalue weighted by atomic mass is 10.1. The van der Waals surface area contributed by atoms with Gasteiger partial charge >= 0.3 is 5.97 Å². The first-order chi connectivity index (χ1) is 6.72. The topological polar surface area (TPSA) is 58.6 Å². The maximum Gasteiger partial charge on any atom is 0.326 e. The average molecular weight is 193 g/mol. The van der Waals surface area contributed by atoms with E-state index in [-0.39, 0.29) is 0 Å². The first kappa shape index (κ1) is 8.87. The molecule has 0 spiro atoms. The van der Waals surface area contributed by atoms with Crippen molar-refractivity contribution in [1.29, 1.82) is 0 Å². The van der Waals surface area contributed by atoms with Crippen LogP contribution in [-0.2, 0) is 11.2 Å². The zero-order chi connectivity index (χ0) is 10.1. The van der Waals surface area contributed by atoms with Gasteiger partial charge in [-0.2, -0.15) is 0 Å². The summed E-state index contributed by atoms with van der Waals surface area (Å²) in [5.41, 5.74) is 1.80. The highest BCUT2D eigenvalue weighted by molar-refractivity contribution is 5.82. The van der Waals surface area contributed by atoms with E-state index in [0.717, 1.165) is 17.0 Å². The highest BCUT2D eigenvalue weighted by Crippen LogP contribution is 2.33. The molecule has 2 rings (SSSR count). The number of anilines is 1.